The molecule has 26 heavy (non-hydrogen) atoms. The number of ether oxygens (including phenoxy) is 6. The summed E-state index contributed by atoms with van der Waals surface area (Å²) in [5.41, 5.74) is 0. The Morgan fingerprint density at radius 3 is 1.65 bits per heavy atom. The molecule has 0 unspecified atom stereocenters. The van der Waals surface area contributed by atoms with E-state index in [-0.39, 0.29) is 0 Å². The second-order valence-electron chi connectivity index (χ2n) is 5.37. The largest absolute Gasteiger partial charge is 0.487 e. The zero-order chi connectivity index (χ0) is 17.9. The van der Waals surface area contributed by atoms with Gasteiger partial charge in [0, 0.05) is 6.20 Å². The van der Waals surface area contributed by atoms with Crippen LogP contribution in [0.1, 0.15) is 0 Å². The quantitative estimate of drug-likeness (QED) is 0.713. The molecule has 1 aliphatic heterocycles. The summed E-state index contributed by atoms with van der Waals surface area (Å²) in [6.07, 6.45) is 1.66. The summed E-state index contributed by atoms with van der Waals surface area (Å²) in [6, 6.07) is 11.2. The molecule has 0 amide bonds. The average molecular weight is 361 g/mol. The Morgan fingerprint density at radius 1 is 0.538 bits per heavy atom. The summed E-state index contributed by atoms with van der Waals surface area (Å²) >= 11 is 0. The van der Waals surface area contributed by atoms with Crippen molar-refractivity contribution in [3.63, 3.8) is 0 Å². The second-order valence-corrected chi connectivity index (χ2v) is 5.37. The molecule has 140 valence electrons. The van der Waals surface area contributed by atoms with Crippen LogP contribution in [0.4, 0.5) is 0 Å². The van der Waals surface area contributed by atoms with Gasteiger partial charge < -0.3 is 28.4 Å². The van der Waals surface area contributed by atoms with Crippen LogP contribution >= 0.6 is 0 Å². The van der Waals surface area contributed by atoms with Crippen LogP contribution in [-0.4, -0.2) is 57.8 Å². The number of aromatic nitrogens is 1. The minimum Gasteiger partial charge on any atom is -0.487 e. The Kier molecular flexibility index (Phi) is 7.37. The molecule has 7 nitrogen and oxygen atoms in total. The smallest absolute Gasteiger partial charge is 0.257 e. The Hall–Kier alpha value is -2.51. The van der Waals surface area contributed by atoms with Gasteiger partial charge in [-0.15, -0.1) is 0 Å². The lowest BCUT2D eigenvalue weighted by molar-refractivity contribution is 0.0630. The van der Waals surface area contributed by atoms with Gasteiger partial charge in [0.2, 0.25) is 0 Å². The molecular formula is C19H23NO6. The van der Waals surface area contributed by atoms with E-state index in [0.29, 0.717) is 76.0 Å². The minimum absolute atomic E-state index is 0.379. The van der Waals surface area contributed by atoms with Gasteiger partial charge in [0.1, 0.15) is 26.4 Å². The fourth-order valence-electron chi connectivity index (χ4n) is 2.32. The van der Waals surface area contributed by atoms with Crippen molar-refractivity contribution in [2.45, 2.75) is 0 Å². The minimum atomic E-state index is 0.379. The van der Waals surface area contributed by atoms with Gasteiger partial charge in [-0.1, -0.05) is 12.1 Å². The molecule has 1 aliphatic rings. The van der Waals surface area contributed by atoms with Crippen LogP contribution in [0.3, 0.4) is 0 Å². The zero-order valence-corrected chi connectivity index (χ0v) is 14.6. The molecular weight excluding hydrogens is 338 g/mol. The molecule has 2 heterocycles. The molecule has 0 fully saturated rings. The standard InChI is InChI=1S/C19H23NO6/c1-2-5-17-16(4-1)23-12-8-21-10-14-25-18-6-3-7-20-19(18)26-15-11-22-9-13-24-17/h1-7H,8-15H2. The van der Waals surface area contributed by atoms with Crippen LogP contribution in [0, 0.1) is 0 Å². The second kappa shape index (κ2) is 10.5. The number of fused-ring (bicyclic) bond motifs is 2. The van der Waals surface area contributed by atoms with Crippen molar-refractivity contribution in [3.05, 3.63) is 42.6 Å². The Bertz CT molecular complexity index is 554. The van der Waals surface area contributed by atoms with E-state index in [9.17, 15) is 0 Å². The molecule has 7 heteroatoms. The lowest BCUT2D eigenvalue weighted by Crippen LogP contribution is -2.15. The highest BCUT2D eigenvalue weighted by Crippen LogP contribution is 2.26. The van der Waals surface area contributed by atoms with Crippen LogP contribution in [0.25, 0.3) is 0 Å². The number of para-hydroxylation sites is 2. The van der Waals surface area contributed by atoms with Gasteiger partial charge in [0.25, 0.3) is 5.88 Å². The molecule has 1 aromatic carbocycles. The fourth-order valence-corrected chi connectivity index (χ4v) is 2.32. The summed E-state index contributed by atoms with van der Waals surface area (Å²) in [6.45, 7) is 3.41. The molecule has 0 bridgehead atoms. The highest BCUT2D eigenvalue weighted by atomic mass is 16.6. The first kappa shape index (κ1) is 18.3. The summed E-state index contributed by atoms with van der Waals surface area (Å²) in [5, 5.41) is 0. The third-order valence-corrected chi connectivity index (χ3v) is 3.51. The van der Waals surface area contributed by atoms with Gasteiger partial charge in [-0.25, -0.2) is 4.98 Å². The maximum absolute atomic E-state index is 5.73. The number of rotatable bonds is 0. The zero-order valence-electron chi connectivity index (χ0n) is 14.6. The van der Waals surface area contributed by atoms with Crippen LogP contribution in [0.5, 0.6) is 23.1 Å². The number of benzene rings is 1. The molecule has 0 radical (unpaired) electrons. The van der Waals surface area contributed by atoms with Crippen LogP contribution in [0.15, 0.2) is 42.6 Å². The Morgan fingerprint density at radius 2 is 1.04 bits per heavy atom. The normalized spacial score (nSPS) is 16.9. The molecule has 0 N–H and O–H groups in total. The van der Waals surface area contributed by atoms with Gasteiger partial charge in [-0.3, -0.25) is 0 Å². The first-order valence-corrected chi connectivity index (χ1v) is 8.64. The first-order chi connectivity index (χ1) is 12.9. The van der Waals surface area contributed by atoms with Gasteiger partial charge in [-0.05, 0) is 24.3 Å². The van der Waals surface area contributed by atoms with E-state index in [1.54, 1.807) is 12.3 Å². The number of hydrogen-bond acceptors (Lipinski definition) is 7. The summed E-state index contributed by atoms with van der Waals surface area (Å²) in [5.74, 6) is 2.42. The van der Waals surface area contributed by atoms with E-state index < -0.39 is 0 Å². The third kappa shape index (κ3) is 5.79. The number of nitrogens with zero attached hydrogens (tertiary/aromatic N) is 1. The maximum atomic E-state index is 5.73. The molecule has 0 spiro atoms. The number of pyridine rings is 1. The molecule has 0 saturated heterocycles. The van der Waals surface area contributed by atoms with Crippen molar-refractivity contribution < 1.29 is 28.4 Å². The monoisotopic (exact) mass is 361 g/mol. The molecule has 3 rings (SSSR count). The van der Waals surface area contributed by atoms with Crippen molar-refractivity contribution in [2.75, 3.05) is 52.9 Å². The van der Waals surface area contributed by atoms with Crippen molar-refractivity contribution in [1.82, 2.24) is 4.98 Å². The Labute approximate surface area is 152 Å². The molecule has 0 atom stereocenters. The van der Waals surface area contributed by atoms with Gasteiger partial charge >= 0.3 is 0 Å². The van der Waals surface area contributed by atoms with Crippen LogP contribution in [0.2, 0.25) is 0 Å². The van der Waals surface area contributed by atoms with Crippen molar-refractivity contribution >= 4 is 0 Å². The van der Waals surface area contributed by atoms with E-state index in [1.165, 1.54) is 0 Å². The topological polar surface area (TPSA) is 68.3 Å². The third-order valence-electron chi connectivity index (χ3n) is 3.51. The maximum Gasteiger partial charge on any atom is 0.257 e. The predicted octanol–water partition coefficient (Wildman–Crippen LogP) is 2.34. The van der Waals surface area contributed by atoms with Gasteiger partial charge in [0.05, 0.1) is 26.4 Å². The molecule has 2 aromatic rings. The van der Waals surface area contributed by atoms with Crippen molar-refractivity contribution in [3.8, 4) is 23.1 Å². The lowest BCUT2D eigenvalue weighted by Gasteiger charge is -2.14. The van der Waals surface area contributed by atoms with E-state index >= 15 is 0 Å². The predicted molar refractivity (Wildman–Crippen MR) is 94.3 cm³/mol. The van der Waals surface area contributed by atoms with E-state index in [0.717, 1.165) is 0 Å². The summed E-state index contributed by atoms with van der Waals surface area (Å²) in [7, 11) is 0. The number of hydrogen-bond donors (Lipinski definition) is 0. The highest BCUT2D eigenvalue weighted by Gasteiger charge is 2.07. The van der Waals surface area contributed by atoms with Crippen molar-refractivity contribution in [1.29, 1.82) is 0 Å². The molecule has 0 aliphatic carbocycles. The Balaban J connectivity index is 1.56. The van der Waals surface area contributed by atoms with Crippen LogP contribution in [-0.2, 0) is 9.47 Å². The van der Waals surface area contributed by atoms with Gasteiger partial charge in [-0.2, -0.15) is 0 Å². The van der Waals surface area contributed by atoms with Crippen molar-refractivity contribution in [2.24, 2.45) is 0 Å². The fraction of sp³-hybridized carbons (Fsp3) is 0.421. The van der Waals surface area contributed by atoms with Crippen LogP contribution < -0.4 is 18.9 Å². The SMILES string of the molecule is c1ccc2c(c1)OCCOCCOc1cccnc1OCCOCCO2. The summed E-state index contributed by atoms with van der Waals surface area (Å²) in [4.78, 5) is 4.19. The summed E-state index contributed by atoms with van der Waals surface area (Å²) < 4.78 is 33.8. The van der Waals surface area contributed by atoms with E-state index in [2.05, 4.69) is 4.98 Å². The molecule has 1 aromatic heterocycles. The van der Waals surface area contributed by atoms with E-state index in [1.807, 2.05) is 30.3 Å². The highest BCUT2D eigenvalue weighted by molar-refractivity contribution is 5.39. The van der Waals surface area contributed by atoms with E-state index in [4.69, 9.17) is 28.4 Å². The average Bonchev–Trinajstić information content (AvgIpc) is 2.68. The lowest BCUT2D eigenvalue weighted by atomic mass is 10.3. The van der Waals surface area contributed by atoms with Gasteiger partial charge in [0.15, 0.2) is 17.2 Å². The molecule has 0 saturated carbocycles. The first-order valence-electron chi connectivity index (χ1n) is 8.64.